The molecule has 0 saturated carbocycles. The molecule has 0 N–H and O–H groups in total. The zero-order chi connectivity index (χ0) is 24.9. The molecule has 0 bridgehead atoms. The summed E-state index contributed by atoms with van der Waals surface area (Å²) in [6, 6.07) is 5.21. The number of amides is 2. The highest BCUT2D eigenvalue weighted by Gasteiger charge is 2.29. The average molecular weight is 486 g/mol. The first kappa shape index (κ1) is 23.3. The Balaban J connectivity index is 1.62. The standard InChI is InChI=1S/C25H25F3N4O3/c1-14-8-20(28)24-21(9-14)29-25(32(24)13-17-12-30(15(2)33)6-7-35-17)23-18(26)10-16(11-19(23)27)31-5-3-4-22(31)34/h8-11,17H,3-7,12-13H2,1-2H3/t17-/m1/s1. The maximum absolute atomic E-state index is 15.4. The monoisotopic (exact) mass is 486 g/mol. The summed E-state index contributed by atoms with van der Waals surface area (Å²) in [5.41, 5.74) is 0.712. The van der Waals surface area contributed by atoms with Crippen molar-refractivity contribution >= 4 is 28.5 Å². The molecule has 5 rings (SSSR count). The summed E-state index contributed by atoms with van der Waals surface area (Å²) in [4.78, 5) is 31.3. The summed E-state index contributed by atoms with van der Waals surface area (Å²) in [6.45, 7) is 4.61. The molecule has 35 heavy (non-hydrogen) atoms. The van der Waals surface area contributed by atoms with Gasteiger partial charge in [-0.05, 0) is 43.2 Å². The lowest BCUT2D eigenvalue weighted by Crippen LogP contribution is -2.46. The Morgan fingerprint density at radius 2 is 1.86 bits per heavy atom. The SMILES string of the molecule is CC(=O)N1CCO[C@@H](Cn2c(-c3c(F)cc(N4CCCC4=O)cc3F)nc3cc(C)cc(F)c32)C1. The minimum atomic E-state index is -0.900. The molecule has 10 heteroatoms. The summed E-state index contributed by atoms with van der Waals surface area (Å²) in [5, 5.41) is 0. The van der Waals surface area contributed by atoms with Gasteiger partial charge in [-0.25, -0.2) is 18.2 Å². The maximum Gasteiger partial charge on any atom is 0.227 e. The van der Waals surface area contributed by atoms with E-state index in [-0.39, 0.29) is 47.4 Å². The number of ether oxygens (including phenoxy) is 1. The first-order chi connectivity index (χ1) is 16.7. The van der Waals surface area contributed by atoms with Crippen LogP contribution in [0.1, 0.15) is 25.3 Å². The molecule has 3 aromatic rings. The van der Waals surface area contributed by atoms with Crippen LogP contribution in [0.4, 0.5) is 18.9 Å². The summed E-state index contributed by atoms with van der Waals surface area (Å²) in [6.07, 6.45) is 0.437. The highest BCUT2D eigenvalue weighted by Crippen LogP contribution is 2.35. The summed E-state index contributed by atoms with van der Waals surface area (Å²) in [5.74, 6) is -2.75. The number of hydrogen-bond acceptors (Lipinski definition) is 4. The zero-order valence-corrected chi connectivity index (χ0v) is 19.5. The molecule has 1 aromatic heterocycles. The van der Waals surface area contributed by atoms with Crippen LogP contribution < -0.4 is 4.90 Å². The van der Waals surface area contributed by atoms with Gasteiger partial charge in [0.25, 0.3) is 0 Å². The van der Waals surface area contributed by atoms with Gasteiger partial charge in [0.2, 0.25) is 11.8 Å². The molecule has 2 aliphatic heterocycles. The zero-order valence-electron chi connectivity index (χ0n) is 19.5. The van der Waals surface area contributed by atoms with E-state index in [2.05, 4.69) is 4.98 Å². The predicted octanol–water partition coefficient (Wildman–Crippen LogP) is 3.80. The third kappa shape index (κ3) is 4.27. The van der Waals surface area contributed by atoms with Crippen LogP contribution in [0, 0.1) is 24.4 Å². The first-order valence-electron chi connectivity index (χ1n) is 11.6. The molecule has 2 aliphatic rings. The van der Waals surface area contributed by atoms with Gasteiger partial charge in [-0.1, -0.05) is 0 Å². The van der Waals surface area contributed by atoms with Gasteiger partial charge in [0.05, 0.1) is 30.3 Å². The molecule has 0 spiro atoms. The van der Waals surface area contributed by atoms with Crippen LogP contribution in [0.2, 0.25) is 0 Å². The van der Waals surface area contributed by atoms with Crippen LogP contribution in [-0.2, 0) is 20.9 Å². The van der Waals surface area contributed by atoms with Crippen LogP contribution in [0.25, 0.3) is 22.4 Å². The van der Waals surface area contributed by atoms with E-state index in [1.807, 2.05) is 0 Å². The normalized spacial score (nSPS) is 18.7. The largest absolute Gasteiger partial charge is 0.373 e. The Bertz CT molecular complexity index is 1320. The number of aryl methyl sites for hydroxylation is 1. The van der Waals surface area contributed by atoms with Crippen molar-refractivity contribution in [2.75, 3.05) is 31.1 Å². The molecule has 2 amide bonds. The minimum Gasteiger partial charge on any atom is -0.373 e. The molecular weight excluding hydrogens is 461 g/mol. The van der Waals surface area contributed by atoms with Crippen molar-refractivity contribution in [3.63, 3.8) is 0 Å². The first-order valence-corrected chi connectivity index (χ1v) is 11.6. The number of carbonyl (C=O) groups excluding carboxylic acids is 2. The summed E-state index contributed by atoms with van der Waals surface area (Å²) < 4.78 is 53.1. The molecule has 184 valence electrons. The second-order valence-electron chi connectivity index (χ2n) is 9.05. The average Bonchev–Trinajstić information content (AvgIpc) is 3.37. The van der Waals surface area contributed by atoms with Crippen molar-refractivity contribution in [3.05, 3.63) is 47.3 Å². The van der Waals surface area contributed by atoms with Crippen molar-refractivity contribution in [1.82, 2.24) is 14.5 Å². The van der Waals surface area contributed by atoms with Crippen molar-refractivity contribution in [3.8, 4) is 11.4 Å². The van der Waals surface area contributed by atoms with Gasteiger partial charge in [0.15, 0.2) is 0 Å². The number of hydrogen-bond donors (Lipinski definition) is 0. The van der Waals surface area contributed by atoms with Gasteiger partial charge in [-0.2, -0.15) is 0 Å². The Hall–Kier alpha value is -3.40. The third-order valence-corrected chi connectivity index (χ3v) is 6.55. The number of fused-ring (bicyclic) bond motifs is 1. The topological polar surface area (TPSA) is 67.7 Å². The fraction of sp³-hybridized carbons (Fsp3) is 0.400. The Kier molecular flexibility index (Phi) is 6.00. The summed E-state index contributed by atoms with van der Waals surface area (Å²) >= 11 is 0. The Labute approximate surface area is 200 Å². The van der Waals surface area contributed by atoms with Crippen LogP contribution in [0.15, 0.2) is 24.3 Å². The number of benzene rings is 2. The number of morpholine rings is 1. The highest BCUT2D eigenvalue weighted by atomic mass is 19.1. The number of imidazole rings is 1. The molecule has 7 nitrogen and oxygen atoms in total. The van der Waals surface area contributed by atoms with Crippen LogP contribution in [-0.4, -0.2) is 58.6 Å². The number of aromatic nitrogens is 2. The number of carbonyl (C=O) groups is 2. The lowest BCUT2D eigenvalue weighted by atomic mass is 10.1. The van der Waals surface area contributed by atoms with Crippen molar-refractivity contribution in [2.24, 2.45) is 0 Å². The van der Waals surface area contributed by atoms with Gasteiger partial charge in [0, 0.05) is 38.7 Å². The van der Waals surface area contributed by atoms with Crippen molar-refractivity contribution in [1.29, 1.82) is 0 Å². The molecule has 0 unspecified atom stereocenters. The molecule has 0 aliphatic carbocycles. The van der Waals surface area contributed by atoms with E-state index < -0.39 is 29.1 Å². The van der Waals surface area contributed by atoms with E-state index in [0.29, 0.717) is 38.1 Å². The second-order valence-corrected chi connectivity index (χ2v) is 9.05. The molecule has 2 fully saturated rings. The fourth-order valence-corrected chi connectivity index (χ4v) is 4.89. The van der Waals surface area contributed by atoms with Gasteiger partial charge < -0.3 is 19.1 Å². The number of nitrogens with zero attached hydrogens (tertiary/aromatic N) is 4. The third-order valence-electron chi connectivity index (χ3n) is 6.55. The van der Waals surface area contributed by atoms with Crippen molar-refractivity contribution in [2.45, 2.75) is 39.3 Å². The van der Waals surface area contributed by atoms with Crippen LogP contribution in [0.3, 0.4) is 0 Å². The van der Waals surface area contributed by atoms with Gasteiger partial charge in [-0.15, -0.1) is 0 Å². The minimum absolute atomic E-state index is 0.0425. The molecule has 1 atom stereocenters. The van der Waals surface area contributed by atoms with Crippen molar-refractivity contribution < 1.29 is 27.5 Å². The maximum atomic E-state index is 15.4. The number of anilines is 1. The molecule has 2 aromatic carbocycles. The molecule has 2 saturated heterocycles. The molecule has 0 radical (unpaired) electrons. The lowest BCUT2D eigenvalue weighted by Gasteiger charge is -2.32. The lowest BCUT2D eigenvalue weighted by molar-refractivity contribution is -0.136. The van der Waals surface area contributed by atoms with E-state index >= 15 is 13.2 Å². The van der Waals surface area contributed by atoms with E-state index in [4.69, 9.17) is 4.74 Å². The molecule has 3 heterocycles. The van der Waals surface area contributed by atoms with E-state index in [9.17, 15) is 9.59 Å². The Morgan fingerprint density at radius 3 is 2.51 bits per heavy atom. The molecular formula is C25H25F3N4O3. The summed E-state index contributed by atoms with van der Waals surface area (Å²) in [7, 11) is 0. The quantitative estimate of drug-likeness (QED) is 0.563. The van der Waals surface area contributed by atoms with Crippen LogP contribution >= 0.6 is 0 Å². The van der Waals surface area contributed by atoms with E-state index in [1.165, 1.54) is 22.5 Å². The number of halogens is 3. The second kappa shape index (κ2) is 8.99. The van der Waals surface area contributed by atoms with E-state index in [0.717, 1.165) is 12.1 Å². The van der Waals surface area contributed by atoms with Gasteiger partial charge in [0.1, 0.15) is 28.8 Å². The highest BCUT2D eigenvalue weighted by molar-refractivity contribution is 5.95. The number of rotatable bonds is 4. The predicted molar refractivity (Wildman–Crippen MR) is 123 cm³/mol. The van der Waals surface area contributed by atoms with Gasteiger partial charge in [-0.3, -0.25) is 9.59 Å². The van der Waals surface area contributed by atoms with Gasteiger partial charge >= 0.3 is 0 Å². The van der Waals surface area contributed by atoms with Crippen LogP contribution in [0.5, 0.6) is 0 Å². The fourth-order valence-electron chi connectivity index (χ4n) is 4.89. The van der Waals surface area contributed by atoms with E-state index in [1.54, 1.807) is 17.9 Å². The smallest absolute Gasteiger partial charge is 0.227 e. The Morgan fingerprint density at radius 1 is 1.11 bits per heavy atom.